The highest BCUT2D eigenvalue weighted by atomic mass is 35.5. The number of amides is 1. The number of hydrogen-bond donors (Lipinski definition) is 1. The molecular formula is C16H23ClN2O2S. The van der Waals surface area contributed by atoms with E-state index in [9.17, 15) is 4.79 Å². The van der Waals surface area contributed by atoms with Gasteiger partial charge in [0.25, 0.3) is 5.91 Å². The van der Waals surface area contributed by atoms with Crippen LogP contribution in [0, 0.1) is 0 Å². The second-order valence-electron chi connectivity index (χ2n) is 5.35. The zero-order valence-corrected chi connectivity index (χ0v) is 14.5. The molecule has 1 aliphatic heterocycles. The van der Waals surface area contributed by atoms with Gasteiger partial charge in [0.15, 0.2) is 0 Å². The van der Waals surface area contributed by atoms with Gasteiger partial charge < -0.3 is 15.4 Å². The Morgan fingerprint density at radius 1 is 1.45 bits per heavy atom. The van der Waals surface area contributed by atoms with E-state index in [4.69, 9.17) is 22.1 Å². The van der Waals surface area contributed by atoms with Gasteiger partial charge in [-0.25, -0.2) is 0 Å². The van der Waals surface area contributed by atoms with Gasteiger partial charge in [-0.1, -0.05) is 11.6 Å². The number of thioether (sulfide) groups is 1. The fourth-order valence-electron chi connectivity index (χ4n) is 2.52. The summed E-state index contributed by atoms with van der Waals surface area (Å²) in [6.45, 7) is 2.79. The van der Waals surface area contributed by atoms with E-state index in [0.717, 1.165) is 24.2 Å². The van der Waals surface area contributed by atoms with Crippen LogP contribution in [0.1, 0.15) is 29.6 Å². The van der Waals surface area contributed by atoms with Gasteiger partial charge in [0.05, 0.1) is 16.7 Å². The minimum atomic E-state index is 0.0151. The average molecular weight is 343 g/mol. The number of carbonyl (C=O) groups excluding carboxylic acids is 1. The minimum absolute atomic E-state index is 0.0151. The molecule has 2 rings (SSSR count). The zero-order valence-electron chi connectivity index (χ0n) is 12.9. The van der Waals surface area contributed by atoms with Crippen molar-refractivity contribution in [3.05, 3.63) is 28.8 Å². The molecule has 0 saturated carbocycles. The van der Waals surface area contributed by atoms with Crippen molar-refractivity contribution in [1.29, 1.82) is 0 Å². The molecule has 122 valence electrons. The number of hydrogen-bond acceptors (Lipinski definition) is 4. The van der Waals surface area contributed by atoms with Crippen LogP contribution in [-0.4, -0.2) is 49.4 Å². The second-order valence-corrected chi connectivity index (χ2v) is 6.64. The third kappa shape index (κ3) is 4.62. The molecule has 0 aliphatic carbocycles. The molecule has 0 radical (unpaired) electrons. The molecule has 1 heterocycles. The highest BCUT2D eigenvalue weighted by molar-refractivity contribution is 7.98. The van der Waals surface area contributed by atoms with Crippen molar-refractivity contribution in [3.63, 3.8) is 0 Å². The SMILES string of the molecule is CSc1ccc(Cl)c(C(=O)N2CCC(OCCCN)CC2)c1. The Bertz CT molecular complexity index is 505. The topological polar surface area (TPSA) is 55.6 Å². The molecule has 1 aliphatic rings. The Morgan fingerprint density at radius 2 is 2.18 bits per heavy atom. The smallest absolute Gasteiger partial charge is 0.255 e. The molecule has 0 unspecified atom stereocenters. The number of piperidine rings is 1. The normalized spacial score (nSPS) is 16.0. The maximum atomic E-state index is 12.6. The largest absolute Gasteiger partial charge is 0.378 e. The fraction of sp³-hybridized carbons (Fsp3) is 0.562. The minimum Gasteiger partial charge on any atom is -0.378 e. The van der Waals surface area contributed by atoms with Crippen molar-refractivity contribution in [2.75, 3.05) is 32.5 Å². The van der Waals surface area contributed by atoms with Crippen molar-refractivity contribution in [2.24, 2.45) is 5.73 Å². The van der Waals surface area contributed by atoms with Gasteiger partial charge in [0, 0.05) is 24.6 Å². The van der Waals surface area contributed by atoms with Crippen LogP contribution in [0.5, 0.6) is 0 Å². The second kappa shape index (κ2) is 8.77. The summed E-state index contributed by atoms with van der Waals surface area (Å²) >= 11 is 7.79. The van der Waals surface area contributed by atoms with Crippen molar-refractivity contribution in [3.8, 4) is 0 Å². The van der Waals surface area contributed by atoms with E-state index >= 15 is 0 Å². The van der Waals surface area contributed by atoms with E-state index in [1.54, 1.807) is 17.8 Å². The molecule has 1 aromatic carbocycles. The van der Waals surface area contributed by atoms with Crippen molar-refractivity contribution < 1.29 is 9.53 Å². The number of nitrogens with two attached hydrogens (primary N) is 1. The fourth-order valence-corrected chi connectivity index (χ4v) is 3.16. The first kappa shape index (κ1) is 17.6. The van der Waals surface area contributed by atoms with Gasteiger partial charge in [0.2, 0.25) is 0 Å². The van der Waals surface area contributed by atoms with Crippen LogP contribution in [0.25, 0.3) is 0 Å². The van der Waals surface area contributed by atoms with Gasteiger partial charge >= 0.3 is 0 Å². The Morgan fingerprint density at radius 3 is 2.82 bits per heavy atom. The molecule has 4 nitrogen and oxygen atoms in total. The van der Waals surface area contributed by atoms with E-state index in [0.29, 0.717) is 36.8 Å². The van der Waals surface area contributed by atoms with Crippen molar-refractivity contribution in [1.82, 2.24) is 4.90 Å². The summed E-state index contributed by atoms with van der Waals surface area (Å²) in [5.74, 6) is 0.0151. The summed E-state index contributed by atoms with van der Waals surface area (Å²) in [5.41, 5.74) is 6.05. The molecule has 1 fully saturated rings. The summed E-state index contributed by atoms with van der Waals surface area (Å²) < 4.78 is 5.77. The third-order valence-corrected chi connectivity index (χ3v) is 4.89. The van der Waals surface area contributed by atoms with Crippen LogP contribution in [0.15, 0.2) is 23.1 Å². The number of nitrogens with zero attached hydrogens (tertiary/aromatic N) is 1. The molecule has 0 aromatic heterocycles. The molecule has 0 bridgehead atoms. The first-order valence-corrected chi connectivity index (χ1v) is 9.20. The highest BCUT2D eigenvalue weighted by Crippen LogP contribution is 2.25. The molecular weight excluding hydrogens is 320 g/mol. The summed E-state index contributed by atoms with van der Waals surface area (Å²) in [5, 5.41) is 0.518. The van der Waals surface area contributed by atoms with E-state index in [2.05, 4.69) is 0 Å². The quantitative estimate of drug-likeness (QED) is 0.637. The van der Waals surface area contributed by atoms with E-state index in [-0.39, 0.29) is 12.0 Å². The van der Waals surface area contributed by atoms with Gasteiger partial charge in [-0.05, 0) is 50.3 Å². The Balaban J connectivity index is 1.92. The van der Waals surface area contributed by atoms with E-state index < -0.39 is 0 Å². The molecule has 6 heteroatoms. The molecule has 22 heavy (non-hydrogen) atoms. The Kier molecular flexibility index (Phi) is 7.02. The number of rotatable bonds is 6. The average Bonchev–Trinajstić information content (AvgIpc) is 2.55. The lowest BCUT2D eigenvalue weighted by Crippen LogP contribution is -2.41. The molecule has 0 atom stereocenters. The lowest BCUT2D eigenvalue weighted by Gasteiger charge is -2.32. The molecule has 0 spiro atoms. The van der Waals surface area contributed by atoms with Crippen molar-refractivity contribution >= 4 is 29.3 Å². The van der Waals surface area contributed by atoms with Crippen molar-refractivity contribution in [2.45, 2.75) is 30.3 Å². The van der Waals surface area contributed by atoms with Crippen LogP contribution < -0.4 is 5.73 Å². The zero-order chi connectivity index (χ0) is 15.9. The summed E-state index contributed by atoms with van der Waals surface area (Å²) in [7, 11) is 0. The number of benzene rings is 1. The predicted molar refractivity (Wildman–Crippen MR) is 91.8 cm³/mol. The Hall–Kier alpha value is -0.750. The van der Waals surface area contributed by atoms with Gasteiger partial charge in [-0.15, -0.1) is 11.8 Å². The van der Waals surface area contributed by atoms with E-state index in [1.807, 2.05) is 23.3 Å². The lowest BCUT2D eigenvalue weighted by atomic mass is 10.1. The van der Waals surface area contributed by atoms with Crippen LogP contribution in [-0.2, 0) is 4.74 Å². The van der Waals surface area contributed by atoms with Crippen LogP contribution in [0.4, 0.5) is 0 Å². The summed E-state index contributed by atoms with van der Waals surface area (Å²) in [4.78, 5) is 15.5. The maximum Gasteiger partial charge on any atom is 0.255 e. The first-order valence-electron chi connectivity index (χ1n) is 7.60. The molecule has 1 amide bonds. The number of halogens is 1. The highest BCUT2D eigenvalue weighted by Gasteiger charge is 2.25. The van der Waals surface area contributed by atoms with Gasteiger partial charge in [-0.2, -0.15) is 0 Å². The van der Waals surface area contributed by atoms with E-state index in [1.165, 1.54) is 0 Å². The number of carbonyl (C=O) groups is 1. The van der Waals surface area contributed by atoms with Crippen LogP contribution in [0.3, 0.4) is 0 Å². The molecule has 2 N–H and O–H groups in total. The summed E-state index contributed by atoms with van der Waals surface area (Å²) in [6.07, 6.45) is 4.85. The van der Waals surface area contributed by atoms with Crippen LogP contribution in [0.2, 0.25) is 5.02 Å². The molecule has 1 saturated heterocycles. The number of likely N-dealkylation sites (tertiary alicyclic amines) is 1. The van der Waals surface area contributed by atoms with Gasteiger partial charge in [-0.3, -0.25) is 4.79 Å². The standard InChI is InChI=1S/C16H23ClN2O2S/c1-22-13-3-4-15(17)14(11-13)16(20)19-8-5-12(6-9-19)21-10-2-7-18/h3-4,11-12H,2,5-10,18H2,1H3. The van der Waals surface area contributed by atoms with Crippen LogP contribution >= 0.6 is 23.4 Å². The number of ether oxygens (including phenoxy) is 1. The van der Waals surface area contributed by atoms with Gasteiger partial charge in [0.1, 0.15) is 0 Å². The first-order chi connectivity index (χ1) is 10.7. The predicted octanol–water partition coefficient (Wildman–Crippen LogP) is 3.03. The summed E-state index contributed by atoms with van der Waals surface area (Å²) in [6, 6.07) is 5.60. The molecule has 1 aromatic rings. The monoisotopic (exact) mass is 342 g/mol. The lowest BCUT2D eigenvalue weighted by molar-refractivity contribution is 0.00844. The maximum absolute atomic E-state index is 12.6. The third-order valence-electron chi connectivity index (χ3n) is 3.84. The Labute approximate surface area is 141 Å².